The first-order chi connectivity index (χ1) is 11.1. The van der Waals surface area contributed by atoms with Crippen molar-refractivity contribution in [2.75, 3.05) is 25.6 Å². The summed E-state index contributed by atoms with van der Waals surface area (Å²) in [4.78, 5) is 12.0. The zero-order valence-corrected chi connectivity index (χ0v) is 13.7. The summed E-state index contributed by atoms with van der Waals surface area (Å²) in [5.74, 6) is 1.51. The molecule has 0 atom stereocenters. The number of anilines is 1. The second-order valence-corrected chi connectivity index (χ2v) is 5.14. The first kappa shape index (κ1) is 17.1. The molecule has 0 aliphatic heterocycles. The summed E-state index contributed by atoms with van der Waals surface area (Å²) in [6.07, 6.45) is 2.98. The third kappa shape index (κ3) is 5.16. The quantitative estimate of drug-likeness (QED) is 0.615. The third-order valence-electron chi connectivity index (χ3n) is 2.92. The van der Waals surface area contributed by atoms with E-state index in [2.05, 4.69) is 5.32 Å². The second-order valence-electron chi connectivity index (χ2n) is 4.73. The van der Waals surface area contributed by atoms with Crippen molar-refractivity contribution in [3.8, 4) is 5.75 Å². The standard InChI is InChI=1S/C17H18ClNO4/c1-12-6-7-13(23-12)8-9-16(20)19-15-5-3-4-14(18)17(15)22-11-10-21-2/h3-9H,10-11H2,1-2H3,(H,19,20)/b9-8+. The van der Waals surface area contributed by atoms with Crippen LogP contribution in [0.4, 0.5) is 5.69 Å². The van der Waals surface area contributed by atoms with Crippen LogP contribution < -0.4 is 10.1 Å². The van der Waals surface area contributed by atoms with Gasteiger partial charge >= 0.3 is 0 Å². The van der Waals surface area contributed by atoms with Crippen LogP contribution in [-0.4, -0.2) is 26.2 Å². The Morgan fingerprint density at radius 1 is 1.30 bits per heavy atom. The number of ether oxygens (including phenoxy) is 2. The normalized spacial score (nSPS) is 10.9. The molecule has 0 aliphatic carbocycles. The largest absolute Gasteiger partial charge is 0.487 e. The minimum Gasteiger partial charge on any atom is -0.487 e. The van der Waals surface area contributed by atoms with E-state index in [4.69, 9.17) is 25.5 Å². The molecule has 0 radical (unpaired) electrons. The molecule has 2 aromatic rings. The number of methoxy groups -OCH3 is 1. The van der Waals surface area contributed by atoms with E-state index in [-0.39, 0.29) is 5.91 Å². The number of halogens is 1. The molecular weight excluding hydrogens is 318 g/mol. The molecule has 0 spiro atoms. The van der Waals surface area contributed by atoms with E-state index in [1.165, 1.54) is 6.08 Å². The highest BCUT2D eigenvalue weighted by Crippen LogP contribution is 2.32. The van der Waals surface area contributed by atoms with Gasteiger partial charge in [-0.05, 0) is 37.3 Å². The molecule has 5 nitrogen and oxygen atoms in total. The number of hydrogen-bond acceptors (Lipinski definition) is 4. The van der Waals surface area contributed by atoms with Crippen LogP contribution in [0, 0.1) is 6.92 Å². The summed E-state index contributed by atoms with van der Waals surface area (Å²) in [6, 6.07) is 8.77. The van der Waals surface area contributed by atoms with E-state index in [1.54, 1.807) is 37.5 Å². The molecule has 0 fully saturated rings. The molecule has 1 N–H and O–H groups in total. The molecular formula is C17H18ClNO4. The molecule has 0 bridgehead atoms. The van der Waals surface area contributed by atoms with Gasteiger partial charge in [0.2, 0.25) is 5.91 Å². The lowest BCUT2D eigenvalue weighted by atomic mass is 10.3. The number of hydrogen-bond donors (Lipinski definition) is 1. The predicted octanol–water partition coefficient (Wildman–Crippen LogP) is 3.92. The Labute approximate surface area is 139 Å². The van der Waals surface area contributed by atoms with E-state index in [0.29, 0.717) is 35.4 Å². The number of carbonyl (C=O) groups is 1. The van der Waals surface area contributed by atoms with E-state index in [0.717, 1.165) is 5.76 Å². The number of carbonyl (C=O) groups excluding carboxylic acids is 1. The van der Waals surface area contributed by atoms with E-state index < -0.39 is 0 Å². The number of benzene rings is 1. The summed E-state index contributed by atoms with van der Waals surface area (Å²) >= 11 is 6.12. The van der Waals surface area contributed by atoms with Gasteiger partial charge in [0.15, 0.2) is 5.75 Å². The molecule has 122 valence electrons. The van der Waals surface area contributed by atoms with Crippen molar-refractivity contribution in [2.45, 2.75) is 6.92 Å². The number of aryl methyl sites for hydroxylation is 1. The number of nitrogens with one attached hydrogen (secondary N) is 1. The first-order valence-electron chi connectivity index (χ1n) is 7.06. The van der Waals surface area contributed by atoms with Gasteiger partial charge in [-0.15, -0.1) is 0 Å². The molecule has 1 heterocycles. The van der Waals surface area contributed by atoms with Crippen LogP contribution in [-0.2, 0) is 9.53 Å². The van der Waals surface area contributed by atoms with Gasteiger partial charge in [-0.2, -0.15) is 0 Å². The van der Waals surface area contributed by atoms with Gasteiger partial charge in [0.05, 0.1) is 17.3 Å². The maximum absolute atomic E-state index is 12.0. The average Bonchev–Trinajstić information content (AvgIpc) is 2.94. The van der Waals surface area contributed by atoms with Gasteiger partial charge in [0.1, 0.15) is 18.1 Å². The van der Waals surface area contributed by atoms with Crippen molar-refractivity contribution >= 4 is 29.3 Å². The highest BCUT2D eigenvalue weighted by Gasteiger charge is 2.10. The van der Waals surface area contributed by atoms with Crippen molar-refractivity contribution in [3.05, 3.63) is 53.0 Å². The lowest BCUT2D eigenvalue weighted by molar-refractivity contribution is -0.111. The third-order valence-corrected chi connectivity index (χ3v) is 3.22. The second kappa shape index (κ2) is 8.41. The fourth-order valence-electron chi connectivity index (χ4n) is 1.86. The Balaban J connectivity index is 2.05. The van der Waals surface area contributed by atoms with Gasteiger partial charge in [0, 0.05) is 13.2 Å². The predicted molar refractivity (Wildman–Crippen MR) is 89.9 cm³/mol. The molecule has 6 heteroatoms. The maximum Gasteiger partial charge on any atom is 0.248 e. The smallest absolute Gasteiger partial charge is 0.248 e. The van der Waals surface area contributed by atoms with Gasteiger partial charge < -0.3 is 19.2 Å². The van der Waals surface area contributed by atoms with Crippen LogP contribution in [0.15, 0.2) is 40.8 Å². The Kier molecular flexibility index (Phi) is 6.26. The van der Waals surface area contributed by atoms with Crippen LogP contribution in [0.25, 0.3) is 6.08 Å². The topological polar surface area (TPSA) is 60.7 Å². The number of rotatable bonds is 7. The van der Waals surface area contributed by atoms with Crippen molar-refractivity contribution in [3.63, 3.8) is 0 Å². The molecule has 0 saturated carbocycles. The van der Waals surface area contributed by atoms with Gasteiger partial charge in [-0.1, -0.05) is 17.7 Å². The summed E-state index contributed by atoms with van der Waals surface area (Å²) in [7, 11) is 1.58. The molecule has 2 rings (SSSR count). The Morgan fingerprint density at radius 3 is 2.83 bits per heavy atom. The van der Waals surface area contributed by atoms with Crippen LogP contribution >= 0.6 is 11.6 Å². The molecule has 1 amide bonds. The average molecular weight is 336 g/mol. The van der Waals surface area contributed by atoms with E-state index in [1.807, 2.05) is 13.0 Å². The molecule has 0 unspecified atom stereocenters. The van der Waals surface area contributed by atoms with Crippen molar-refractivity contribution < 1.29 is 18.7 Å². The summed E-state index contributed by atoms with van der Waals surface area (Å²) in [5, 5.41) is 3.16. The molecule has 1 aromatic heterocycles. The SMILES string of the molecule is COCCOc1c(Cl)cccc1NC(=O)/C=C/c1ccc(C)o1. The van der Waals surface area contributed by atoms with Gasteiger partial charge in [-0.3, -0.25) is 4.79 Å². The van der Waals surface area contributed by atoms with Gasteiger partial charge in [0.25, 0.3) is 0 Å². The minimum atomic E-state index is -0.307. The Morgan fingerprint density at radius 2 is 2.13 bits per heavy atom. The highest BCUT2D eigenvalue weighted by molar-refractivity contribution is 6.32. The minimum absolute atomic E-state index is 0.307. The number of amides is 1. The zero-order chi connectivity index (χ0) is 16.7. The van der Waals surface area contributed by atoms with E-state index >= 15 is 0 Å². The molecule has 1 aromatic carbocycles. The maximum atomic E-state index is 12.0. The van der Waals surface area contributed by atoms with Crippen LogP contribution in [0.5, 0.6) is 5.75 Å². The molecule has 0 saturated heterocycles. The number of furan rings is 1. The van der Waals surface area contributed by atoms with Crippen LogP contribution in [0.3, 0.4) is 0 Å². The highest BCUT2D eigenvalue weighted by atomic mass is 35.5. The fourth-order valence-corrected chi connectivity index (χ4v) is 2.09. The van der Waals surface area contributed by atoms with Crippen molar-refractivity contribution in [1.29, 1.82) is 0 Å². The van der Waals surface area contributed by atoms with Crippen molar-refractivity contribution in [1.82, 2.24) is 0 Å². The fraction of sp³-hybridized carbons (Fsp3) is 0.235. The van der Waals surface area contributed by atoms with Crippen LogP contribution in [0.1, 0.15) is 11.5 Å². The van der Waals surface area contributed by atoms with E-state index in [9.17, 15) is 4.79 Å². The monoisotopic (exact) mass is 335 g/mol. The molecule has 0 aliphatic rings. The first-order valence-corrected chi connectivity index (χ1v) is 7.43. The Bertz CT molecular complexity index is 694. The number of para-hydroxylation sites is 1. The zero-order valence-electron chi connectivity index (χ0n) is 13.0. The van der Waals surface area contributed by atoms with Crippen LogP contribution in [0.2, 0.25) is 5.02 Å². The summed E-state index contributed by atoms with van der Waals surface area (Å²) < 4.78 is 15.9. The molecule has 23 heavy (non-hydrogen) atoms. The van der Waals surface area contributed by atoms with Gasteiger partial charge in [-0.25, -0.2) is 0 Å². The Hall–Kier alpha value is -2.24. The lowest BCUT2D eigenvalue weighted by Crippen LogP contribution is -2.11. The van der Waals surface area contributed by atoms with Crippen molar-refractivity contribution in [2.24, 2.45) is 0 Å². The lowest BCUT2D eigenvalue weighted by Gasteiger charge is -2.13. The summed E-state index contributed by atoms with van der Waals surface area (Å²) in [6.45, 7) is 2.61. The summed E-state index contributed by atoms with van der Waals surface area (Å²) in [5.41, 5.74) is 0.499.